The van der Waals surface area contributed by atoms with Crippen molar-refractivity contribution in [1.82, 2.24) is 9.78 Å². The SMILES string of the molecule is CCCc1c(-c2c(Cl)cccc2[N+](=O)[O-])nn(C)c1N. The number of hydrogen-bond donors (Lipinski definition) is 1. The van der Waals surface area contributed by atoms with E-state index >= 15 is 0 Å². The molecule has 1 aromatic heterocycles. The third-order valence-corrected chi connectivity index (χ3v) is 3.43. The van der Waals surface area contributed by atoms with Crippen molar-refractivity contribution in [3.05, 3.63) is 38.9 Å². The lowest BCUT2D eigenvalue weighted by atomic mass is 10.0. The fourth-order valence-corrected chi connectivity index (χ4v) is 2.44. The lowest BCUT2D eigenvalue weighted by Gasteiger charge is -2.05. The first-order chi connectivity index (χ1) is 9.47. The smallest absolute Gasteiger partial charge is 0.280 e. The number of nitrogens with two attached hydrogens (primary N) is 1. The zero-order valence-electron chi connectivity index (χ0n) is 11.3. The Kier molecular flexibility index (Phi) is 3.94. The molecule has 1 heterocycles. The number of nitro groups is 1. The standard InChI is InChI=1S/C13H15ClN4O2/c1-3-5-8-12(16-17(2)13(8)15)11-9(14)6-4-7-10(11)18(19)20/h4,6-7H,3,5,15H2,1-2H3. The molecular weight excluding hydrogens is 280 g/mol. The highest BCUT2D eigenvalue weighted by atomic mass is 35.5. The van der Waals surface area contributed by atoms with E-state index in [9.17, 15) is 10.1 Å². The van der Waals surface area contributed by atoms with Gasteiger partial charge in [-0.25, -0.2) is 0 Å². The van der Waals surface area contributed by atoms with E-state index in [1.807, 2.05) is 6.92 Å². The van der Waals surface area contributed by atoms with Crippen LogP contribution in [0.15, 0.2) is 18.2 Å². The molecule has 106 valence electrons. The molecule has 0 saturated carbocycles. The van der Waals surface area contributed by atoms with Gasteiger partial charge in [-0.1, -0.05) is 31.0 Å². The predicted octanol–water partition coefficient (Wildman–Crippen LogP) is 3.18. The first-order valence-corrected chi connectivity index (χ1v) is 6.59. The summed E-state index contributed by atoms with van der Waals surface area (Å²) >= 11 is 6.15. The van der Waals surface area contributed by atoms with Crippen LogP contribution in [0.1, 0.15) is 18.9 Å². The molecule has 0 aliphatic rings. The number of hydrogen-bond acceptors (Lipinski definition) is 4. The molecule has 2 rings (SSSR count). The van der Waals surface area contributed by atoms with Crippen molar-refractivity contribution in [2.75, 3.05) is 5.73 Å². The Bertz CT molecular complexity index is 667. The molecule has 2 aromatic rings. The summed E-state index contributed by atoms with van der Waals surface area (Å²) in [7, 11) is 1.71. The van der Waals surface area contributed by atoms with Gasteiger partial charge in [0.1, 0.15) is 11.5 Å². The third kappa shape index (κ3) is 2.34. The average Bonchev–Trinajstić information content (AvgIpc) is 2.67. The molecule has 1 aromatic carbocycles. The lowest BCUT2D eigenvalue weighted by molar-refractivity contribution is -0.384. The highest BCUT2D eigenvalue weighted by molar-refractivity contribution is 6.33. The summed E-state index contributed by atoms with van der Waals surface area (Å²) in [6.07, 6.45) is 1.55. The van der Waals surface area contributed by atoms with Crippen LogP contribution >= 0.6 is 11.6 Å². The average molecular weight is 295 g/mol. The van der Waals surface area contributed by atoms with E-state index in [1.165, 1.54) is 10.7 Å². The van der Waals surface area contributed by atoms with Gasteiger partial charge < -0.3 is 5.73 Å². The number of rotatable bonds is 4. The monoisotopic (exact) mass is 294 g/mol. The fourth-order valence-electron chi connectivity index (χ4n) is 2.18. The third-order valence-electron chi connectivity index (χ3n) is 3.12. The number of nitro benzene ring substituents is 1. The Balaban J connectivity index is 2.74. The van der Waals surface area contributed by atoms with Crippen molar-refractivity contribution in [2.45, 2.75) is 19.8 Å². The van der Waals surface area contributed by atoms with Crippen LogP contribution in [0.3, 0.4) is 0 Å². The molecule has 0 unspecified atom stereocenters. The fraction of sp³-hybridized carbons (Fsp3) is 0.308. The van der Waals surface area contributed by atoms with Gasteiger partial charge in [-0.15, -0.1) is 0 Å². The van der Waals surface area contributed by atoms with Gasteiger partial charge in [0.25, 0.3) is 5.69 Å². The van der Waals surface area contributed by atoms with Crippen molar-refractivity contribution >= 4 is 23.1 Å². The van der Waals surface area contributed by atoms with Crippen LogP contribution in [0.25, 0.3) is 11.3 Å². The van der Waals surface area contributed by atoms with Gasteiger partial charge in [0, 0.05) is 18.7 Å². The number of nitrogens with zero attached hydrogens (tertiary/aromatic N) is 3. The lowest BCUT2D eigenvalue weighted by Crippen LogP contribution is -1.99. The summed E-state index contributed by atoms with van der Waals surface area (Å²) in [5, 5.41) is 15.8. The van der Waals surface area contributed by atoms with E-state index < -0.39 is 4.92 Å². The summed E-state index contributed by atoms with van der Waals surface area (Å²) in [4.78, 5) is 10.7. The van der Waals surface area contributed by atoms with Crippen LogP contribution in [0.4, 0.5) is 11.5 Å². The van der Waals surface area contributed by atoms with Crippen molar-refractivity contribution < 1.29 is 4.92 Å². The molecule has 0 radical (unpaired) electrons. The van der Waals surface area contributed by atoms with Gasteiger partial charge in [0.05, 0.1) is 15.5 Å². The van der Waals surface area contributed by atoms with Crippen LogP contribution < -0.4 is 5.73 Å². The molecule has 0 aliphatic carbocycles. The molecule has 0 bridgehead atoms. The van der Waals surface area contributed by atoms with Crippen molar-refractivity contribution in [3.8, 4) is 11.3 Å². The van der Waals surface area contributed by atoms with E-state index in [4.69, 9.17) is 17.3 Å². The molecular formula is C13H15ClN4O2. The topological polar surface area (TPSA) is 87.0 Å². The zero-order chi connectivity index (χ0) is 14.9. The van der Waals surface area contributed by atoms with E-state index in [0.717, 1.165) is 12.0 Å². The summed E-state index contributed by atoms with van der Waals surface area (Å²) in [5.41, 5.74) is 7.54. The first-order valence-electron chi connectivity index (χ1n) is 6.22. The normalized spacial score (nSPS) is 10.8. The van der Waals surface area contributed by atoms with E-state index in [0.29, 0.717) is 28.5 Å². The molecule has 0 spiro atoms. The second-order valence-corrected chi connectivity index (χ2v) is 4.88. The summed E-state index contributed by atoms with van der Waals surface area (Å²) in [5.74, 6) is 0.510. The summed E-state index contributed by atoms with van der Waals surface area (Å²) in [6, 6.07) is 4.59. The molecule has 0 aliphatic heterocycles. The maximum atomic E-state index is 11.2. The van der Waals surface area contributed by atoms with Crippen molar-refractivity contribution in [1.29, 1.82) is 0 Å². The largest absolute Gasteiger partial charge is 0.384 e. The highest BCUT2D eigenvalue weighted by Crippen LogP contribution is 2.39. The number of benzene rings is 1. The van der Waals surface area contributed by atoms with Crippen molar-refractivity contribution in [3.63, 3.8) is 0 Å². The van der Waals surface area contributed by atoms with Gasteiger partial charge in [-0.3, -0.25) is 14.8 Å². The molecule has 0 amide bonds. The van der Waals surface area contributed by atoms with E-state index in [2.05, 4.69) is 5.10 Å². The minimum absolute atomic E-state index is 0.0621. The second-order valence-electron chi connectivity index (χ2n) is 4.48. The Hall–Kier alpha value is -2.08. The maximum absolute atomic E-state index is 11.2. The molecule has 7 heteroatoms. The van der Waals surface area contributed by atoms with E-state index in [-0.39, 0.29) is 5.69 Å². The van der Waals surface area contributed by atoms with Gasteiger partial charge in [0.15, 0.2) is 0 Å². The first kappa shape index (κ1) is 14.3. The molecule has 20 heavy (non-hydrogen) atoms. The molecule has 0 saturated heterocycles. The number of halogens is 1. The number of nitrogen functional groups attached to an aromatic ring is 1. The van der Waals surface area contributed by atoms with Gasteiger partial charge in [-0.2, -0.15) is 5.10 Å². The molecule has 0 fully saturated rings. The van der Waals surface area contributed by atoms with E-state index in [1.54, 1.807) is 19.2 Å². The Morgan fingerprint density at radius 3 is 2.80 bits per heavy atom. The minimum atomic E-state index is -0.457. The summed E-state index contributed by atoms with van der Waals surface area (Å²) < 4.78 is 1.52. The Morgan fingerprint density at radius 2 is 2.20 bits per heavy atom. The number of aromatic nitrogens is 2. The number of anilines is 1. The molecule has 6 nitrogen and oxygen atoms in total. The second kappa shape index (κ2) is 5.50. The zero-order valence-corrected chi connectivity index (χ0v) is 12.0. The van der Waals surface area contributed by atoms with Gasteiger partial charge in [0.2, 0.25) is 0 Å². The Morgan fingerprint density at radius 1 is 1.50 bits per heavy atom. The van der Waals surface area contributed by atoms with Crippen molar-refractivity contribution in [2.24, 2.45) is 7.05 Å². The summed E-state index contributed by atoms with van der Waals surface area (Å²) in [6.45, 7) is 2.01. The minimum Gasteiger partial charge on any atom is -0.384 e. The van der Waals surface area contributed by atoms with Gasteiger partial charge in [-0.05, 0) is 12.5 Å². The quantitative estimate of drug-likeness (QED) is 0.693. The maximum Gasteiger partial charge on any atom is 0.280 e. The van der Waals surface area contributed by atoms with Gasteiger partial charge >= 0.3 is 0 Å². The van der Waals surface area contributed by atoms with Crippen LogP contribution in [-0.2, 0) is 13.5 Å². The Labute approximate surface area is 121 Å². The highest BCUT2D eigenvalue weighted by Gasteiger charge is 2.25. The van der Waals surface area contributed by atoms with Crippen LogP contribution in [0.2, 0.25) is 5.02 Å². The predicted molar refractivity (Wildman–Crippen MR) is 78.7 cm³/mol. The van der Waals surface area contributed by atoms with Crippen LogP contribution in [0, 0.1) is 10.1 Å². The van der Waals surface area contributed by atoms with Crippen LogP contribution in [0.5, 0.6) is 0 Å². The van der Waals surface area contributed by atoms with Crippen LogP contribution in [-0.4, -0.2) is 14.7 Å². The molecule has 2 N–H and O–H groups in total. The molecule has 0 atom stereocenters. The number of aryl methyl sites for hydroxylation is 1.